The van der Waals surface area contributed by atoms with E-state index in [0.29, 0.717) is 0 Å². The van der Waals surface area contributed by atoms with Crippen LogP contribution in [0.3, 0.4) is 0 Å². The van der Waals surface area contributed by atoms with Crippen molar-refractivity contribution in [2.45, 2.75) is 55.5 Å². The van der Waals surface area contributed by atoms with Gasteiger partial charge in [0.15, 0.2) is 5.79 Å². The summed E-state index contributed by atoms with van der Waals surface area (Å²) in [6.45, 7) is 8.55. The van der Waals surface area contributed by atoms with Crippen LogP contribution < -0.4 is 0 Å². The molecule has 4 heteroatoms. The maximum Gasteiger partial charge on any atom is 0.208 e. The Hall–Kier alpha value is -1.72. The van der Waals surface area contributed by atoms with Gasteiger partial charge in [-0.2, -0.15) is 0 Å². The first-order valence-corrected chi connectivity index (χ1v) is 12.4. The molecule has 0 aromatic heterocycles. The average Bonchev–Trinajstić information content (AvgIpc) is 2.91. The Morgan fingerprint density at radius 2 is 1.26 bits per heavy atom. The molecular formula is C27H28O2S2. The summed E-state index contributed by atoms with van der Waals surface area (Å²) >= 11 is 3.63. The molecule has 2 atom stereocenters. The molecule has 1 spiro atoms. The van der Waals surface area contributed by atoms with Crippen molar-refractivity contribution in [3.05, 3.63) is 94.8 Å². The highest BCUT2D eigenvalue weighted by atomic mass is 32.2. The van der Waals surface area contributed by atoms with E-state index in [9.17, 15) is 0 Å². The number of rotatable bonds is 4. The Bertz CT molecular complexity index is 1060. The molecule has 3 aliphatic rings. The van der Waals surface area contributed by atoms with E-state index in [1.807, 2.05) is 37.4 Å². The van der Waals surface area contributed by atoms with Gasteiger partial charge in [-0.05, 0) is 57.5 Å². The zero-order valence-electron chi connectivity index (χ0n) is 18.4. The summed E-state index contributed by atoms with van der Waals surface area (Å²) < 4.78 is 13.2. The molecule has 2 aromatic carbocycles. The van der Waals surface area contributed by atoms with Gasteiger partial charge in [-0.25, -0.2) is 0 Å². The van der Waals surface area contributed by atoms with E-state index in [1.54, 1.807) is 0 Å². The molecule has 31 heavy (non-hydrogen) atoms. The van der Waals surface area contributed by atoms with Gasteiger partial charge in [0.05, 0.1) is 5.41 Å². The minimum absolute atomic E-state index is 0.114. The Morgan fingerprint density at radius 3 is 1.81 bits per heavy atom. The average molecular weight is 449 g/mol. The van der Waals surface area contributed by atoms with Crippen LogP contribution in [0.2, 0.25) is 0 Å². The van der Waals surface area contributed by atoms with E-state index in [4.69, 9.17) is 9.47 Å². The number of hydrogen-bond acceptors (Lipinski definition) is 4. The maximum atomic E-state index is 6.59. The van der Waals surface area contributed by atoms with Gasteiger partial charge >= 0.3 is 0 Å². The number of ether oxygens (including phenoxy) is 2. The second-order valence-corrected chi connectivity index (χ2v) is 11.6. The summed E-state index contributed by atoms with van der Waals surface area (Å²) in [6.07, 6.45) is 10.3. The van der Waals surface area contributed by atoms with Crippen LogP contribution in [0.15, 0.2) is 105 Å². The summed E-state index contributed by atoms with van der Waals surface area (Å²) in [5.41, 5.74) is -0.531. The molecule has 2 bridgehead atoms. The highest BCUT2D eigenvalue weighted by Crippen LogP contribution is 2.63. The smallest absolute Gasteiger partial charge is 0.208 e. The standard InChI is InChI=1S/C27H28O2S2/c1-24(2)28-27(29-24)19-23(31-21-13-9-6-10-14-21)25(3)16-15-22(26(27,4)18-17-25)30-20-11-7-5-8-12-20/h5-15,17-19H,16H2,1-4H3/t25-,26-/m0/s1. The lowest BCUT2D eigenvalue weighted by Gasteiger charge is -2.59. The van der Waals surface area contributed by atoms with Crippen LogP contribution >= 0.6 is 23.5 Å². The van der Waals surface area contributed by atoms with Gasteiger partial charge in [-0.15, -0.1) is 0 Å². The summed E-state index contributed by atoms with van der Waals surface area (Å²) in [7, 11) is 0. The third-order valence-corrected chi connectivity index (χ3v) is 8.98. The normalized spacial score (nSPS) is 30.2. The van der Waals surface area contributed by atoms with Crippen molar-refractivity contribution in [1.29, 1.82) is 0 Å². The number of fused-ring (bicyclic) bond motifs is 3. The second-order valence-electron chi connectivity index (χ2n) is 9.34. The van der Waals surface area contributed by atoms with Crippen molar-refractivity contribution in [1.82, 2.24) is 0 Å². The van der Waals surface area contributed by atoms with E-state index in [2.05, 4.69) is 98.8 Å². The van der Waals surface area contributed by atoms with Crippen LogP contribution in [-0.2, 0) is 9.47 Å². The molecule has 2 nitrogen and oxygen atoms in total. The first-order chi connectivity index (χ1) is 14.7. The van der Waals surface area contributed by atoms with E-state index < -0.39 is 17.0 Å². The summed E-state index contributed by atoms with van der Waals surface area (Å²) in [4.78, 5) is 5.01. The highest BCUT2D eigenvalue weighted by molar-refractivity contribution is 8.03. The number of allylic oxidation sites excluding steroid dienone is 3. The molecule has 0 N–H and O–H groups in total. The van der Waals surface area contributed by atoms with Gasteiger partial charge < -0.3 is 9.47 Å². The molecule has 160 valence electrons. The molecule has 1 heterocycles. The molecule has 0 saturated carbocycles. The van der Waals surface area contributed by atoms with E-state index in [1.165, 1.54) is 19.6 Å². The Kier molecular flexibility index (Phi) is 5.06. The SMILES string of the molecule is CC1(C)OC2(C=C(Sc3ccccc3)[C@]3(C)C=C[C@@]2(C)C(Sc2ccccc2)=CC3)O1. The molecule has 0 unspecified atom stereocenters. The van der Waals surface area contributed by atoms with Gasteiger partial charge in [0.1, 0.15) is 0 Å². The lowest BCUT2D eigenvalue weighted by molar-refractivity contribution is -0.497. The summed E-state index contributed by atoms with van der Waals surface area (Å²) in [5.74, 6) is -1.42. The van der Waals surface area contributed by atoms with Gasteiger partial charge in [-0.3, -0.25) is 0 Å². The van der Waals surface area contributed by atoms with E-state index >= 15 is 0 Å². The van der Waals surface area contributed by atoms with Crippen LogP contribution in [0.25, 0.3) is 0 Å². The van der Waals surface area contributed by atoms with Gasteiger partial charge in [0.2, 0.25) is 5.79 Å². The number of hydrogen-bond donors (Lipinski definition) is 0. The molecule has 2 aliphatic carbocycles. The minimum atomic E-state index is -0.824. The fourth-order valence-corrected chi connectivity index (χ4v) is 6.79. The van der Waals surface area contributed by atoms with Crippen LogP contribution in [0.4, 0.5) is 0 Å². The van der Waals surface area contributed by atoms with Crippen molar-refractivity contribution in [2.24, 2.45) is 10.8 Å². The van der Waals surface area contributed by atoms with Gasteiger partial charge in [0.25, 0.3) is 0 Å². The lowest BCUT2D eigenvalue weighted by atomic mass is 9.77. The molecule has 0 amide bonds. The fourth-order valence-electron chi connectivity index (χ4n) is 4.51. The summed E-state index contributed by atoms with van der Waals surface area (Å²) in [5, 5.41) is 0. The lowest BCUT2D eigenvalue weighted by Crippen LogP contribution is -2.66. The van der Waals surface area contributed by atoms with Crippen LogP contribution in [0, 0.1) is 10.8 Å². The monoisotopic (exact) mass is 448 g/mol. The van der Waals surface area contributed by atoms with E-state index in [0.717, 1.165) is 6.42 Å². The minimum Gasteiger partial charge on any atom is -0.314 e. The van der Waals surface area contributed by atoms with Crippen LogP contribution in [0.5, 0.6) is 0 Å². The maximum absolute atomic E-state index is 6.59. The molecule has 1 aliphatic heterocycles. The zero-order chi connectivity index (χ0) is 21.7. The van der Waals surface area contributed by atoms with Gasteiger partial charge in [-0.1, -0.05) is 85.1 Å². The zero-order valence-corrected chi connectivity index (χ0v) is 20.1. The van der Waals surface area contributed by atoms with Crippen molar-refractivity contribution < 1.29 is 9.47 Å². The fraction of sp³-hybridized carbons (Fsp3) is 0.333. The third-order valence-electron chi connectivity index (χ3n) is 6.35. The predicted octanol–water partition coefficient (Wildman–Crippen LogP) is 7.80. The molecule has 5 rings (SSSR count). The molecule has 0 radical (unpaired) electrons. The quantitative estimate of drug-likeness (QED) is 0.444. The number of benzene rings is 2. The van der Waals surface area contributed by atoms with E-state index in [-0.39, 0.29) is 5.41 Å². The molecule has 1 saturated heterocycles. The highest BCUT2D eigenvalue weighted by Gasteiger charge is 2.64. The van der Waals surface area contributed by atoms with Crippen molar-refractivity contribution in [3.8, 4) is 0 Å². The first kappa shape index (κ1) is 21.1. The van der Waals surface area contributed by atoms with Crippen molar-refractivity contribution in [2.75, 3.05) is 0 Å². The molecular weight excluding hydrogens is 420 g/mol. The van der Waals surface area contributed by atoms with Crippen LogP contribution in [-0.4, -0.2) is 11.6 Å². The van der Waals surface area contributed by atoms with Gasteiger partial charge in [0, 0.05) is 25.0 Å². The summed E-state index contributed by atoms with van der Waals surface area (Å²) in [6, 6.07) is 21.1. The second kappa shape index (κ2) is 7.41. The predicted molar refractivity (Wildman–Crippen MR) is 130 cm³/mol. The topological polar surface area (TPSA) is 18.5 Å². The van der Waals surface area contributed by atoms with Crippen molar-refractivity contribution >= 4 is 23.5 Å². The Morgan fingerprint density at radius 1 is 0.710 bits per heavy atom. The number of thioether (sulfide) groups is 2. The molecule has 1 fully saturated rings. The largest absolute Gasteiger partial charge is 0.314 e. The molecule has 2 aromatic rings. The Labute approximate surface area is 193 Å². The van der Waals surface area contributed by atoms with Crippen LogP contribution in [0.1, 0.15) is 34.1 Å². The Balaban J connectivity index is 1.60. The third kappa shape index (κ3) is 3.64. The van der Waals surface area contributed by atoms with Crippen molar-refractivity contribution in [3.63, 3.8) is 0 Å². The first-order valence-electron chi connectivity index (χ1n) is 10.7.